The number of rotatable bonds is 6. The van der Waals surface area contributed by atoms with Crippen LogP contribution in [0.1, 0.15) is 31.7 Å². The van der Waals surface area contributed by atoms with Gasteiger partial charge in [-0.25, -0.2) is 8.42 Å². The molecule has 0 saturated carbocycles. The minimum atomic E-state index is -2.82. The lowest BCUT2D eigenvalue weighted by Crippen LogP contribution is -2.36. The van der Waals surface area contributed by atoms with Crippen LogP contribution in [0.2, 0.25) is 0 Å². The highest BCUT2D eigenvalue weighted by Crippen LogP contribution is 2.21. The Hall–Kier alpha value is -0.390. The van der Waals surface area contributed by atoms with Gasteiger partial charge in [-0.1, -0.05) is 41.4 Å². The van der Waals surface area contributed by atoms with Gasteiger partial charge in [0.25, 0.3) is 0 Å². The SMILES string of the molecule is CCCCN(Cc1cccc(Br)c1)C1CCS(=O)(=O)C1. The van der Waals surface area contributed by atoms with Gasteiger partial charge in [0.05, 0.1) is 11.5 Å². The van der Waals surface area contributed by atoms with E-state index in [1.807, 2.05) is 12.1 Å². The molecule has 0 radical (unpaired) electrons. The molecule has 0 bridgehead atoms. The second kappa shape index (κ2) is 7.05. The summed E-state index contributed by atoms with van der Waals surface area (Å²) in [5, 5.41) is 0. The topological polar surface area (TPSA) is 37.4 Å². The molecule has 112 valence electrons. The van der Waals surface area contributed by atoms with Gasteiger partial charge in [-0.3, -0.25) is 4.90 Å². The Kier molecular flexibility index (Phi) is 5.64. The largest absolute Gasteiger partial charge is 0.295 e. The fraction of sp³-hybridized carbons (Fsp3) is 0.600. The van der Waals surface area contributed by atoms with E-state index < -0.39 is 9.84 Å². The van der Waals surface area contributed by atoms with E-state index in [9.17, 15) is 8.42 Å². The van der Waals surface area contributed by atoms with Gasteiger partial charge in [-0.2, -0.15) is 0 Å². The van der Waals surface area contributed by atoms with E-state index in [2.05, 4.69) is 39.9 Å². The maximum Gasteiger partial charge on any atom is 0.151 e. The zero-order chi connectivity index (χ0) is 14.6. The van der Waals surface area contributed by atoms with E-state index in [1.54, 1.807) is 0 Å². The first-order valence-electron chi connectivity index (χ1n) is 7.19. The van der Waals surface area contributed by atoms with Crippen molar-refractivity contribution in [1.29, 1.82) is 0 Å². The molecule has 1 fully saturated rings. The second-order valence-electron chi connectivity index (χ2n) is 5.51. The lowest BCUT2D eigenvalue weighted by Gasteiger charge is -2.28. The highest BCUT2D eigenvalue weighted by Gasteiger charge is 2.31. The number of unbranched alkanes of at least 4 members (excludes halogenated alkanes) is 1. The van der Waals surface area contributed by atoms with Gasteiger partial charge in [-0.05, 0) is 37.1 Å². The molecule has 0 amide bonds. The number of sulfone groups is 1. The molecule has 1 heterocycles. The predicted octanol–water partition coefficient (Wildman–Crippen LogP) is 3.24. The molecule has 1 aliphatic heterocycles. The number of halogens is 1. The summed E-state index contributed by atoms with van der Waals surface area (Å²) in [5.74, 6) is 0.670. The highest BCUT2D eigenvalue weighted by atomic mass is 79.9. The summed E-state index contributed by atoms with van der Waals surface area (Å²) in [6.07, 6.45) is 3.03. The maximum atomic E-state index is 11.7. The summed E-state index contributed by atoms with van der Waals surface area (Å²) in [5.41, 5.74) is 1.24. The highest BCUT2D eigenvalue weighted by molar-refractivity contribution is 9.10. The second-order valence-corrected chi connectivity index (χ2v) is 8.66. The van der Waals surface area contributed by atoms with Crippen molar-refractivity contribution in [3.63, 3.8) is 0 Å². The standard InChI is InChI=1S/C15H22BrNO2S/c1-2-3-8-17(15-7-9-20(18,19)12-15)11-13-5-4-6-14(16)10-13/h4-6,10,15H,2-3,7-9,11-12H2,1H3. The first-order chi connectivity index (χ1) is 9.50. The van der Waals surface area contributed by atoms with E-state index in [1.165, 1.54) is 5.56 Å². The summed E-state index contributed by atoms with van der Waals surface area (Å²) in [4.78, 5) is 2.34. The van der Waals surface area contributed by atoms with Crippen molar-refractivity contribution in [3.8, 4) is 0 Å². The zero-order valence-corrected chi connectivity index (χ0v) is 14.3. The third kappa shape index (κ3) is 4.57. The van der Waals surface area contributed by atoms with Gasteiger partial charge in [-0.15, -0.1) is 0 Å². The molecule has 1 aromatic carbocycles. The summed E-state index contributed by atoms with van der Waals surface area (Å²) in [6.45, 7) is 3.98. The van der Waals surface area contributed by atoms with Crippen LogP contribution in [0.3, 0.4) is 0 Å². The predicted molar refractivity (Wildman–Crippen MR) is 86.5 cm³/mol. The third-order valence-electron chi connectivity index (χ3n) is 3.80. The molecule has 5 heteroatoms. The van der Waals surface area contributed by atoms with E-state index in [-0.39, 0.29) is 6.04 Å². The van der Waals surface area contributed by atoms with Crippen LogP contribution >= 0.6 is 15.9 Å². The van der Waals surface area contributed by atoms with Crippen molar-refractivity contribution < 1.29 is 8.42 Å². The molecule has 0 N–H and O–H groups in total. The summed E-state index contributed by atoms with van der Waals surface area (Å²) in [7, 11) is -2.82. The molecule has 1 saturated heterocycles. The molecule has 0 spiro atoms. The summed E-state index contributed by atoms with van der Waals surface area (Å²) >= 11 is 3.49. The average molecular weight is 360 g/mol. The van der Waals surface area contributed by atoms with E-state index >= 15 is 0 Å². The molecule has 1 aromatic rings. The van der Waals surface area contributed by atoms with Gasteiger partial charge in [0.1, 0.15) is 0 Å². The lowest BCUT2D eigenvalue weighted by atomic mass is 10.1. The molecule has 1 aliphatic rings. The van der Waals surface area contributed by atoms with Crippen molar-refractivity contribution in [1.82, 2.24) is 4.90 Å². The molecular weight excluding hydrogens is 338 g/mol. The van der Waals surface area contributed by atoms with E-state index in [0.29, 0.717) is 11.5 Å². The Morgan fingerprint density at radius 2 is 2.20 bits per heavy atom. The molecule has 2 rings (SSSR count). The average Bonchev–Trinajstić information content (AvgIpc) is 2.75. The van der Waals surface area contributed by atoms with Crippen molar-refractivity contribution in [3.05, 3.63) is 34.3 Å². The van der Waals surface area contributed by atoms with Crippen LogP contribution < -0.4 is 0 Å². The number of benzene rings is 1. The van der Waals surface area contributed by atoms with Crippen LogP contribution in [0.5, 0.6) is 0 Å². The van der Waals surface area contributed by atoms with Crippen molar-refractivity contribution in [2.45, 2.75) is 38.8 Å². The Labute approximate surface area is 130 Å². The van der Waals surface area contributed by atoms with Gasteiger partial charge < -0.3 is 0 Å². The summed E-state index contributed by atoms with van der Waals surface area (Å²) < 4.78 is 24.5. The molecule has 0 aromatic heterocycles. The smallest absolute Gasteiger partial charge is 0.151 e. The van der Waals surface area contributed by atoms with Gasteiger partial charge in [0.15, 0.2) is 9.84 Å². The van der Waals surface area contributed by atoms with Crippen LogP contribution in [-0.4, -0.2) is 37.4 Å². The van der Waals surface area contributed by atoms with Crippen LogP contribution in [-0.2, 0) is 16.4 Å². The van der Waals surface area contributed by atoms with Gasteiger partial charge in [0.2, 0.25) is 0 Å². The summed E-state index contributed by atoms with van der Waals surface area (Å²) in [6, 6.07) is 8.45. The van der Waals surface area contributed by atoms with Crippen molar-refractivity contribution >= 4 is 25.8 Å². The fourth-order valence-electron chi connectivity index (χ4n) is 2.69. The number of hydrogen-bond acceptors (Lipinski definition) is 3. The molecule has 1 atom stereocenters. The van der Waals surface area contributed by atoms with Crippen LogP contribution in [0, 0.1) is 0 Å². The van der Waals surface area contributed by atoms with Crippen molar-refractivity contribution in [2.75, 3.05) is 18.1 Å². The molecule has 1 unspecified atom stereocenters. The Balaban J connectivity index is 2.07. The fourth-order valence-corrected chi connectivity index (χ4v) is 4.89. The number of nitrogens with zero attached hydrogens (tertiary/aromatic N) is 1. The molecule has 3 nitrogen and oxygen atoms in total. The van der Waals surface area contributed by atoms with Crippen LogP contribution in [0.15, 0.2) is 28.7 Å². The Morgan fingerprint density at radius 3 is 2.80 bits per heavy atom. The minimum Gasteiger partial charge on any atom is -0.295 e. The Bertz CT molecular complexity index is 545. The van der Waals surface area contributed by atoms with Gasteiger partial charge in [0, 0.05) is 17.1 Å². The first kappa shape index (κ1) is 16.0. The molecular formula is C15H22BrNO2S. The van der Waals surface area contributed by atoms with E-state index in [0.717, 1.165) is 36.8 Å². The molecule has 0 aliphatic carbocycles. The van der Waals surface area contributed by atoms with Gasteiger partial charge >= 0.3 is 0 Å². The monoisotopic (exact) mass is 359 g/mol. The normalized spacial score (nSPS) is 21.4. The minimum absolute atomic E-state index is 0.186. The third-order valence-corrected chi connectivity index (χ3v) is 6.04. The maximum absolute atomic E-state index is 11.7. The van der Waals surface area contributed by atoms with Crippen LogP contribution in [0.4, 0.5) is 0 Å². The lowest BCUT2D eigenvalue weighted by molar-refractivity contribution is 0.200. The van der Waals surface area contributed by atoms with E-state index in [4.69, 9.17) is 0 Å². The quantitative estimate of drug-likeness (QED) is 0.782. The Morgan fingerprint density at radius 1 is 1.40 bits per heavy atom. The van der Waals surface area contributed by atoms with Crippen LogP contribution in [0.25, 0.3) is 0 Å². The first-order valence-corrected chi connectivity index (χ1v) is 9.80. The zero-order valence-electron chi connectivity index (χ0n) is 11.9. The number of hydrogen-bond donors (Lipinski definition) is 0. The van der Waals surface area contributed by atoms with Crippen molar-refractivity contribution in [2.24, 2.45) is 0 Å². The molecule has 20 heavy (non-hydrogen) atoms.